The lowest BCUT2D eigenvalue weighted by Gasteiger charge is -2.18. The Bertz CT molecular complexity index is 1900. The monoisotopic (exact) mass is 665 g/mol. The highest BCUT2D eigenvalue weighted by Crippen LogP contribution is 2.38. The van der Waals surface area contributed by atoms with Crippen LogP contribution in [0.1, 0.15) is 32.3 Å². The summed E-state index contributed by atoms with van der Waals surface area (Å²) in [5.41, 5.74) is 3.98. The average Bonchev–Trinajstić information content (AvgIpc) is 3.06. The van der Waals surface area contributed by atoms with Gasteiger partial charge in [0.15, 0.2) is 0 Å². The van der Waals surface area contributed by atoms with E-state index in [1.54, 1.807) is 66.7 Å². The molecule has 0 heterocycles. The van der Waals surface area contributed by atoms with E-state index in [1.165, 1.54) is 11.8 Å². The van der Waals surface area contributed by atoms with Crippen molar-refractivity contribution < 1.29 is 14.4 Å². The zero-order valence-electron chi connectivity index (χ0n) is 24.7. The maximum atomic E-state index is 13.6. The van der Waals surface area contributed by atoms with E-state index in [4.69, 9.17) is 23.2 Å². The molecule has 0 aromatic heterocycles. The number of benzene rings is 5. The summed E-state index contributed by atoms with van der Waals surface area (Å²) in [5, 5.41) is 8.75. The molecule has 0 aliphatic rings. The predicted octanol–water partition coefficient (Wildman–Crippen LogP) is 9.18. The van der Waals surface area contributed by atoms with Crippen molar-refractivity contribution in [3.05, 3.63) is 165 Å². The molecule has 0 spiro atoms. The highest BCUT2D eigenvalue weighted by atomic mass is 35.5. The first-order valence-corrected chi connectivity index (χ1v) is 15.9. The Morgan fingerprint density at radius 1 is 0.739 bits per heavy atom. The van der Waals surface area contributed by atoms with Gasteiger partial charge in [-0.25, -0.2) is 0 Å². The molecular weight excluding hydrogens is 637 g/mol. The second kappa shape index (κ2) is 15.5. The number of halogens is 2. The number of anilines is 2. The van der Waals surface area contributed by atoms with Crippen LogP contribution in [0.5, 0.6) is 0 Å². The van der Waals surface area contributed by atoms with Crippen LogP contribution < -0.4 is 16.0 Å². The SMILES string of the molecule is Cc1ccccc1/C=C(\NC(=O)c1ccccc1)C(=O)Nc1cccc(SC(C(=O)Nc2ccc(Cl)cc2Cl)c2ccccc2)c1. The predicted molar refractivity (Wildman–Crippen MR) is 188 cm³/mol. The summed E-state index contributed by atoms with van der Waals surface area (Å²) in [7, 11) is 0. The Balaban J connectivity index is 1.38. The van der Waals surface area contributed by atoms with E-state index < -0.39 is 17.1 Å². The second-order valence-electron chi connectivity index (χ2n) is 10.2. The molecule has 0 fully saturated rings. The Kier molecular flexibility index (Phi) is 10.9. The molecule has 9 heteroatoms. The Labute approximate surface area is 281 Å². The second-order valence-corrected chi connectivity index (χ2v) is 12.3. The molecule has 0 radical (unpaired) electrons. The molecule has 0 saturated carbocycles. The first-order chi connectivity index (χ1) is 22.3. The van der Waals surface area contributed by atoms with E-state index in [9.17, 15) is 14.4 Å². The van der Waals surface area contributed by atoms with E-state index in [1.807, 2.05) is 73.7 Å². The van der Waals surface area contributed by atoms with E-state index in [-0.39, 0.29) is 11.6 Å². The topological polar surface area (TPSA) is 87.3 Å². The summed E-state index contributed by atoms with van der Waals surface area (Å²) >= 11 is 13.7. The molecule has 3 amide bonds. The average molecular weight is 667 g/mol. The number of aryl methyl sites for hydroxylation is 1. The molecule has 5 aromatic rings. The van der Waals surface area contributed by atoms with Crippen molar-refractivity contribution in [3.8, 4) is 0 Å². The number of nitrogens with one attached hydrogen (secondary N) is 3. The van der Waals surface area contributed by atoms with Gasteiger partial charge in [0.1, 0.15) is 10.9 Å². The number of hydrogen-bond acceptors (Lipinski definition) is 4. The summed E-state index contributed by atoms with van der Waals surface area (Å²) in [6.07, 6.45) is 1.65. The Morgan fingerprint density at radius 3 is 2.15 bits per heavy atom. The minimum Gasteiger partial charge on any atom is -0.323 e. The van der Waals surface area contributed by atoms with Crippen LogP contribution in [0.3, 0.4) is 0 Å². The van der Waals surface area contributed by atoms with Crippen LogP contribution in [0.2, 0.25) is 10.0 Å². The molecule has 3 N–H and O–H groups in total. The van der Waals surface area contributed by atoms with Gasteiger partial charge in [0.2, 0.25) is 5.91 Å². The molecule has 5 aromatic carbocycles. The standard InChI is InChI=1S/C37H29Cl2N3O3S/c1-24-11-8-9-16-27(24)21-33(42-35(43)26-14-6-3-7-15-26)36(44)40-29-17-10-18-30(23-29)46-34(25-12-4-2-5-13-25)37(45)41-32-20-19-28(38)22-31(32)39/h2-23,34H,1H3,(H,40,44)(H,41,45)(H,42,43)/b33-21-. The molecule has 0 aliphatic heterocycles. The van der Waals surface area contributed by atoms with Gasteiger partial charge in [0.25, 0.3) is 11.8 Å². The lowest BCUT2D eigenvalue weighted by molar-refractivity contribution is -0.116. The summed E-state index contributed by atoms with van der Waals surface area (Å²) < 4.78 is 0. The summed E-state index contributed by atoms with van der Waals surface area (Å²) in [6, 6.07) is 37.7. The van der Waals surface area contributed by atoms with Crippen molar-refractivity contribution in [1.82, 2.24) is 5.32 Å². The van der Waals surface area contributed by atoms with Crippen molar-refractivity contribution >= 4 is 70.1 Å². The van der Waals surface area contributed by atoms with Gasteiger partial charge in [-0.2, -0.15) is 0 Å². The van der Waals surface area contributed by atoms with E-state index in [0.717, 1.165) is 21.6 Å². The minimum atomic E-state index is -0.638. The molecule has 0 saturated heterocycles. The number of thioether (sulfide) groups is 1. The lowest BCUT2D eigenvalue weighted by Crippen LogP contribution is -2.30. The fourth-order valence-electron chi connectivity index (χ4n) is 4.52. The van der Waals surface area contributed by atoms with Crippen LogP contribution in [0.4, 0.5) is 11.4 Å². The first-order valence-electron chi connectivity index (χ1n) is 14.3. The molecule has 5 rings (SSSR count). The van der Waals surface area contributed by atoms with Gasteiger partial charge in [0.05, 0.1) is 10.7 Å². The third-order valence-corrected chi connectivity index (χ3v) is 8.69. The van der Waals surface area contributed by atoms with Crippen LogP contribution in [0.15, 0.2) is 138 Å². The summed E-state index contributed by atoms with van der Waals surface area (Å²) in [4.78, 5) is 41.0. The van der Waals surface area contributed by atoms with Crippen LogP contribution in [0.25, 0.3) is 6.08 Å². The number of hydrogen-bond donors (Lipinski definition) is 3. The maximum Gasteiger partial charge on any atom is 0.272 e. The van der Waals surface area contributed by atoms with Crippen LogP contribution in [0, 0.1) is 6.92 Å². The number of amides is 3. The van der Waals surface area contributed by atoms with Crippen molar-refractivity contribution in [1.29, 1.82) is 0 Å². The van der Waals surface area contributed by atoms with E-state index in [2.05, 4.69) is 16.0 Å². The first kappa shape index (κ1) is 32.6. The molecule has 0 bridgehead atoms. The molecule has 46 heavy (non-hydrogen) atoms. The molecule has 0 aliphatic carbocycles. The van der Waals surface area contributed by atoms with Crippen molar-refractivity contribution in [2.45, 2.75) is 17.1 Å². The van der Waals surface area contributed by atoms with Crippen LogP contribution >= 0.6 is 35.0 Å². The van der Waals surface area contributed by atoms with Gasteiger partial charge in [-0.15, -0.1) is 11.8 Å². The Hall–Kier alpha value is -4.82. The highest BCUT2D eigenvalue weighted by molar-refractivity contribution is 8.00. The fraction of sp³-hybridized carbons (Fsp3) is 0.0541. The third kappa shape index (κ3) is 8.67. The number of carbonyl (C=O) groups is 3. The van der Waals surface area contributed by atoms with Gasteiger partial charge in [-0.1, -0.05) is 102 Å². The summed E-state index contributed by atoms with van der Waals surface area (Å²) in [5.74, 6) is -1.18. The summed E-state index contributed by atoms with van der Waals surface area (Å²) in [6.45, 7) is 1.93. The highest BCUT2D eigenvalue weighted by Gasteiger charge is 2.23. The van der Waals surface area contributed by atoms with Crippen molar-refractivity contribution in [2.24, 2.45) is 0 Å². The third-order valence-electron chi connectivity index (χ3n) is 6.89. The van der Waals surface area contributed by atoms with Gasteiger partial charge in [-0.3, -0.25) is 14.4 Å². The molecule has 1 atom stereocenters. The smallest absolute Gasteiger partial charge is 0.272 e. The van der Waals surface area contributed by atoms with Crippen molar-refractivity contribution in [2.75, 3.05) is 10.6 Å². The van der Waals surface area contributed by atoms with Gasteiger partial charge >= 0.3 is 0 Å². The molecule has 1 unspecified atom stereocenters. The number of carbonyl (C=O) groups excluding carboxylic acids is 3. The fourth-order valence-corrected chi connectivity index (χ4v) is 6.06. The van der Waals surface area contributed by atoms with Gasteiger partial charge < -0.3 is 16.0 Å². The van der Waals surface area contributed by atoms with Crippen molar-refractivity contribution in [3.63, 3.8) is 0 Å². The van der Waals surface area contributed by atoms with E-state index >= 15 is 0 Å². The molecular formula is C37H29Cl2N3O3S. The van der Waals surface area contributed by atoms with E-state index in [0.29, 0.717) is 27.0 Å². The van der Waals surface area contributed by atoms with Crippen LogP contribution in [-0.2, 0) is 9.59 Å². The quantitative estimate of drug-likeness (QED) is 0.103. The lowest BCUT2D eigenvalue weighted by atomic mass is 10.1. The number of rotatable bonds is 10. The maximum absolute atomic E-state index is 13.6. The zero-order chi connectivity index (χ0) is 32.5. The van der Waals surface area contributed by atoms with Gasteiger partial charge in [0, 0.05) is 21.2 Å². The zero-order valence-corrected chi connectivity index (χ0v) is 27.0. The Morgan fingerprint density at radius 2 is 1.43 bits per heavy atom. The largest absolute Gasteiger partial charge is 0.323 e. The minimum absolute atomic E-state index is 0.0857. The molecule has 230 valence electrons. The molecule has 6 nitrogen and oxygen atoms in total. The van der Waals surface area contributed by atoms with Gasteiger partial charge in [-0.05, 0) is 78.2 Å². The normalized spacial score (nSPS) is 11.8. The van der Waals surface area contributed by atoms with Crippen LogP contribution in [-0.4, -0.2) is 17.7 Å².